The lowest BCUT2D eigenvalue weighted by molar-refractivity contribution is -0.176. The molecule has 0 aromatic heterocycles. The second-order valence-corrected chi connectivity index (χ2v) is 13.2. The first-order valence-electron chi connectivity index (χ1n) is 14.4. The highest BCUT2D eigenvalue weighted by atomic mass is 16.3. The van der Waals surface area contributed by atoms with Crippen molar-refractivity contribution >= 4 is 40.5 Å². The van der Waals surface area contributed by atoms with Crippen LogP contribution in [0.4, 0.5) is 11.4 Å². The van der Waals surface area contributed by atoms with Crippen molar-refractivity contribution in [3.05, 3.63) is 58.4 Å². The number of aliphatic hydroxyl groups excluding tert-OH is 2. The summed E-state index contributed by atoms with van der Waals surface area (Å²) in [6.07, 6.45) is 0.0494. The number of nitrogens with one attached hydrogen (secondary N) is 1. The predicted molar refractivity (Wildman–Crippen MR) is 168 cm³/mol. The van der Waals surface area contributed by atoms with Gasteiger partial charge in [-0.15, -0.1) is 0 Å². The minimum absolute atomic E-state index is 0.0243. The third-order valence-electron chi connectivity index (χ3n) is 9.58. The molecule has 1 saturated carbocycles. The average Bonchev–Trinajstić information content (AvgIpc) is 2.90. The van der Waals surface area contributed by atoms with Crippen LogP contribution < -0.4 is 16.0 Å². The highest BCUT2D eigenvalue weighted by molar-refractivity contribution is 6.25. The molecule has 45 heavy (non-hydrogen) atoms. The van der Waals surface area contributed by atoms with Crippen molar-refractivity contribution in [1.82, 2.24) is 4.90 Å². The Hall–Kier alpha value is -4.68. The Kier molecular flexibility index (Phi) is 7.18. The number of rotatable bonds is 5. The van der Waals surface area contributed by atoms with Crippen LogP contribution in [0.2, 0.25) is 0 Å². The van der Waals surface area contributed by atoms with Crippen LogP contribution in [0, 0.1) is 10.8 Å². The van der Waals surface area contributed by atoms with E-state index < -0.39 is 57.0 Å². The SMILES string of the molecule is CC(=O)Nc1cccc(-c2cc(N(C)C)c3c(c2O)C(O)=C2C(=O)[C@]4(O)C(O)=C(C(N)=O)C(=O)[C@@H](N(C)C)[C@]4(C)C[C@]2(C)C3)c1. The van der Waals surface area contributed by atoms with Crippen molar-refractivity contribution in [3.8, 4) is 16.9 Å². The fraction of sp³-hybridized carbons (Fsp3) is 0.394. The summed E-state index contributed by atoms with van der Waals surface area (Å²) < 4.78 is 0. The lowest BCUT2D eigenvalue weighted by Gasteiger charge is -2.59. The molecule has 3 aliphatic rings. The number of ketones is 2. The number of nitrogens with two attached hydrogens (primary N) is 1. The standard InChI is InChI=1S/C33H38N4O8/c1-15(38)35-17-10-8-9-16(11-17)18-12-20(36(4)5)19-13-31(2)14-32(3)27(37(6)7)26(41)22(30(34)44)28(42)33(32,45)29(43)23(31)25(40)21(19)24(18)39/h8-12,27,39-40,42,45H,13-14H2,1-7H3,(H2,34,44)(H,35,38)/t27-,31+,32+,33-/m1/s1. The maximum atomic E-state index is 14.6. The van der Waals surface area contributed by atoms with Gasteiger partial charge in [-0.2, -0.15) is 0 Å². The number of hydrogen-bond donors (Lipinski definition) is 6. The first kappa shape index (κ1) is 31.7. The van der Waals surface area contributed by atoms with Crippen LogP contribution in [0.15, 0.2) is 47.2 Å². The van der Waals surface area contributed by atoms with Gasteiger partial charge in [-0.3, -0.25) is 24.1 Å². The second kappa shape index (κ2) is 10.2. The van der Waals surface area contributed by atoms with E-state index in [2.05, 4.69) is 5.32 Å². The maximum absolute atomic E-state index is 14.6. The normalized spacial score (nSPS) is 27.6. The third kappa shape index (κ3) is 4.26. The molecule has 3 aliphatic carbocycles. The number of carbonyl (C=O) groups is 4. The van der Waals surface area contributed by atoms with Crippen LogP contribution in [0.3, 0.4) is 0 Å². The Bertz CT molecular complexity index is 1780. The number of anilines is 2. The Balaban J connectivity index is 1.82. The van der Waals surface area contributed by atoms with E-state index in [4.69, 9.17) is 5.73 Å². The molecular formula is C33H38N4O8. The average molecular weight is 619 g/mol. The molecule has 12 nitrogen and oxygen atoms in total. The fourth-order valence-electron chi connectivity index (χ4n) is 7.96. The number of likely N-dealkylation sites (N-methyl/N-ethyl adjacent to an activating group) is 1. The minimum Gasteiger partial charge on any atom is -0.508 e. The van der Waals surface area contributed by atoms with Crippen LogP contribution in [0.25, 0.3) is 16.9 Å². The zero-order valence-electron chi connectivity index (χ0n) is 26.3. The first-order chi connectivity index (χ1) is 20.8. The Morgan fingerprint density at radius 1 is 1.04 bits per heavy atom. The van der Waals surface area contributed by atoms with Gasteiger partial charge in [0.05, 0.1) is 11.6 Å². The van der Waals surface area contributed by atoms with Gasteiger partial charge in [-0.1, -0.05) is 26.0 Å². The summed E-state index contributed by atoms with van der Waals surface area (Å²) in [4.78, 5) is 55.5. The predicted octanol–water partition coefficient (Wildman–Crippen LogP) is 2.44. The third-order valence-corrected chi connectivity index (χ3v) is 9.58. The van der Waals surface area contributed by atoms with Gasteiger partial charge in [0, 0.05) is 54.4 Å². The molecule has 0 bridgehead atoms. The molecule has 7 N–H and O–H groups in total. The van der Waals surface area contributed by atoms with E-state index in [0.717, 1.165) is 0 Å². The highest BCUT2D eigenvalue weighted by Crippen LogP contribution is 2.64. The topological polar surface area (TPSA) is 194 Å². The van der Waals surface area contributed by atoms with Gasteiger partial charge in [-0.05, 0) is 56.3 Å². The molecule has 2 amide bonds. The zero-order valence-corrected chi connectivity index (χ0v) is 26.3. The van der Waals surface area contributed by atoms with E-state index in [1.165, 1.54) is 18.7 Å². The lowest BCUT2D eigenvalue weighted by Crippen LogP contribution is -2.72. The number of primary amides is 1. The van der Waals surface area contributed by atoms with Crippen molar-refractivity contribution in [2.75, 3.05) is 38.4 Å². The largest absolute Gasteiger partial charge is 0.508 e. The van der Waals surface area contributed by atoms with Crippen LogP contribution >= 0.6 is 0 Å². The molecule has 0 saturated heterocycles. The molecule has 0 unspecified atom stereocenters. The zero-order chi connectivity index (χ0) is 33.5. The molecule has 0 aliphatic heterocycles. The van der Waals surface area contributed by atoms with Gasteiger partial charge in [-0.25, -0.2) is 0 Å². The monoisotopic (exact) mass is 618 g/mol. The summed E-state index contributed by atoms with van der Waals surface area (Å²) in [6, 6.07) is 7.29. The molecule has 12 heteroatoms. The lowest BCUT2D eigenvalue weighted by atomic mass is 9.46. The number of hydrogen-bond acceptors (Lipinski definition) is 10. The summed E-state index contributed by atoms with van der Waals surface area (Å²) in [7, 11) is 6.72. The number of carbonyl (C=O) groups excluding carboxylic acids is 4. The van der Waals surface area contributed by atoms with Crippen molar-refractivity contribution in [2.45, 2.75) is 45.3 Å². The van der Waals surface area contributed by atoms with Crippen molar-refractivity contribution < 1.29 is 39.6 Å². The fourth-order valence-corrected chi connectivity index (χ4v) is 7.96. The molecule has 1 fully saturated rings. The number of amides is 2. The van der Waals surface area contributed by atoms with Gasteiger partial charge < -0.3 is 36.4 Å². The van der Waals surface area contributed by atoms with Crippen molar-refractivity contribution in [2.24, 2.45) is 16.6 Å². The molecular weight excluding hydrogens is 580 g/mol. The highest BCUT2D eigenvalue weighted by Gasteiger charge is 2.72. The van der Waals surface area contributed by atoms with Crippen molar-refractivity contribution in [1.29, 1.82) is 0 Å². The molecule has 5 rings (SSSR count). The van der Waals surface area contributed by atoms with Gasteiger partial charge in [0.15, 0.2) is 11.4 Å². The smallest absolute Gasteiger partial charge is 0.255 e. The summed E-state index contributed by atoms with van der Waals surface area (Å²) >= 11 is 0. The molecule has 4 atom stereocenters. The Morgan fingerprint density at radius 2 is 1.69 bits per heavy atom. The summed E-state index contributed by atoms with van der Waals surface area (Å²) in [6.45, 7) is 4.61. The number of benzene rings is 2. The van der Waals surface area contributed by atoms with Gasteiger partial charge in [0.25, 0.3) is 5.91 Å². The Labute approximate surface area is 260 Å². The van der Waals surface area contributed by atoms with E-state index in [1.54, 1.807) is 65.4 Å². The molecule has 238 valence electrons. The molecule has 0 heterocycles. The number of aromatic hydroxyl groups is 1. The van der Waals surface area contributed by atoms with E-state index in [-0.39, 0.29) is 35.6 Å². The molecule has 2 aromatic rings. The number of phenolic OH excluding ortho intramolecular Hbond substituents is 1. The van der Waals surface area contributed by atoms with Crippen molar-refractivity contribution in [3.63, 3.8) is 0 Å². The van der Waals surface area contributed by atoms with Crippen LogP contribution in [0.5, 0.6) is 5.75 Å². The van der Waals surface area contributed by atoms with E-state index in [9.17, 15) is 39.6 Å². The molecule has 0 spiro atoms. The van der Waals surface area contributed by atoms with Gasteiger partial charge in [0.1, 0.15) is 22.8 Å². The van der Waals surface area contributed by atoms with Gasteiger partial charge in [0.2, 0.25) is 11.7 Å². The first-order valence-corrected chi connectivity index (χ1v) is 14.4. The van der Waals surface area contributed by atoms with Crippen LogP contribution in [-0.4, -0.2) is 88.5 Å². The number of aliphatic hydroxyl groups is 3. The molecule has 2 aromatic carbocycles. The number of Topliss-reactive ketones (excluding diaryl/α,β-unsaturated/α-hetero) is 2. The van der Waals surface area contributed by atoms with Crippen LogP contribution in [0.1, 0.15) is 38.3 Å². The summed E-state index contributed by atoms with van der Waals surface area (Å²) in [5, 5.41) is 49.9. The minimum atomic E-state index is -2.80. The van der Waals surface area contributed by atoms with Crippen LogP contribution in [-0.2, 0) is 25.6 Å². The Morgan fingerprint density at radius 3 is 2.24 bits per heavy atom. The van der Waals surface area contributed by atoms with E-state index in [1.807, 2.05) is 4.90 Å². The quantitative estimate of drug-likeness (QED) is 0.271. The maximum Gasteiger partial charge on any atom is 0.255 e. The summed E-state index contributed by atoms with van der Waals surface area (Å²) in [5.74, 6) is -5.57. The summed E-state index contributed by atoms with van der Waals surface area (Å²) in [5.41, 5.74) is 1.15. The number of fused-ring (bicyclic) bond motifs is 3. The number of nitrogens with zero attached hydrogens (tertiary/aromatic N) is 2. The van der Waals surface area contributed by atoms with Gasteiger partial charge >= 0.3 is 0 Å². The van der Waals surface area contributed by atoms with E-state index >= 15 is 0 Å². The molecule has 0 radical (unpaired) electrons. The number of phenols is 1. The second-order valence-electron chi connectivity index (χ2n) is 13.2. The van der Waals surface area contributed by atoms with E-state index in [0.29, 0.717) is 28.1 Å².